The lowest BCUT2D eigenvalue weighted by Crippen LogP contribution is -2.50. The molecule has 1 atom stereocenters. The van der Waals surface area contributed by atoms with Crippen LogP contribution < -0.4 is 11.1 Å². The lowest BCUT2D eigenvalue weighted by atomic mass is 10.1. The number of rotatable bonds is 3. The third-order valence-electron chi connectivity index (χ3n) is 1.33. The summed E-state index contributed by atoms with van der Waals surface area (Å²) >= 11 is 5.54. The van der Waals surface area contributed by atoms with Crippen molar-refractivity contribution in [3.8, 4) is 0 Å². The van der Waals surface area contributed by atoms with Gasteiger partial charge >= 0.3 is 0 Å². The first kappa shape index (κ1) is 10.7. The van der Waals surface area contributed by atoms with Crippen LogP contribution in [0.25, 0.3) is 0 Å². The number of hydrogen-bond donors (Lipinski definition) is 2. The van der Waals surface area contributed by atoms with Crippen LogP contribution in [0.5, 0.6) is 0 Å². The van der Waals surface area contributed by atoms with E-state index in [1.165, 1.54) is 0 Å². The predicted octanol–water partition coefficient (Wildman–Crippen LogP) is 0.467. The molecule has 0 bridgehead atoms. The molecular formula is C7H15ClN2O. The molecule has 0 aliphatic rings. The van der Waals surface area contributed by atoms with Gasteiger partial charge in [0.25, 0.3) is 0 Å². The number of carbonyl (C=O) groups excluding carboxylic acids is 1. The van der Waals surface area contributed by atoms with Gasteiger partial charge in [-0.1, -0.05) is 0 Å². The molecule has 0 heterocycles. The fraction of sp³-hybridized carbons (Fsp3) is 0.857. The molecule has 0 rings (SSSR count). The van der Waals surface area contributed by atoms with Crippen molar-refractivity contribution < 1.29 is 4.79 Å². The van der Waals surface area contributed by atoms with Crippen LogP contribution in [0, 0.1) is 0 Å². The number of alkyl halides is 1. The average Bonchev–Trinajstić information content (AvgIpc) is 1.87. The minimum Gasteiger partial charge on any atom is -0.349 e. The summed E-state index contributed by atoms with van der Waals surface area (Å²) in [4.78, 5) is 11.0. The van der Waals surface area contributed by atoms with Crippen LogP contribution in [0.4, 0.5) is 0 Å². The Kier molecular flexibility index (Phi) is 3.83. The highest BCUT2D eigenvalue weighted by molar-refractivity contribution is 6.30. The molecule has 0 aliphatic carbocycles. The minimum atomic E-state index is -0.499. The van der Waals surface area contributed by atoms with Gasteiger partial charge < -0.3 is 11.1 Å². The zero-order valence-electron chi connectivity index (χ0n) is 7.15. The first-order valence-electron chi connectivity index (χ1n) is 3.55. The summed E-state index contributed by atoms with van der Waals surface area (Å²) in [5.74, 6) is -0.179. The molecule has 0 saturated carbocycles. The van der Waals surface area contributed by atoms with Gasteiger partial charge in [0.05, 0.1) is 0 Å². The Balaban J connectivity index is 3.94. The third kappa shape index (κ3) is 4.22. The number of halogens is 1. The first-order valence-corrected chi connectivity index (χ1v) is 3.99. The quantitative estimate of drug-likeness (QED) is 0.618. The summed E-state index contributed by atoms with van der Waals surface area (Å²) in [6.45, 7) is 5.74. The van der Waals surface area contributed by atoms with Gasteiger partial charge in [-0.25, -0.2) is 0 Å². The third-order valence-corrected chi connectivity index (χ3v) is 1.53. The van der Waals surface area contributed by atoms with Gasteiger partial charge in [0.2, 0.25) is 5.91 Å². The Morgan fingerprint density at radius 3 is 2.45 bits per heavy atom. The van der Waals surface area contributed by atoms with Crippen molar-refractivity contribution in [2.75, 3.05) is 6.54 Å². The highest BCUT2D eigenvalue weighted by atomic mass is 35.5. The van der Waals surface area contributed by atoms with Gasteiger partial charge in [-0.15, -0.1) is 11.6 Å². The molecule has 3 N–H and O–H groups in total. The topological polar surface area (TPSA) is 55.1 Å². The molecule has 0 saturated heterocycles. The summed E-state index contributed by atoms with van der Waals surface area (Å²) in [6, 6.07) is 0. The van der Waals surface area contributed by atoms with Crippen molar-refractivity contribution in [2.45, 2.75) is 31.7 Å². The SMILES string of the molecule is CC(Cl)C(=O)NC(C)(C)CN. The van der Waals surface area contributed by atoms with Gasteiger partial charge in [0, 0.05) is 12.1 Å². The molecule has 1 amide bonds. The molecule has 0 radical (unpaired) electrons. The molecule has 0 aliphatic heterocycles. The molecule has 0 aromatic heterocycles. The monoisotopic (exact) mass is 178 g/mol. The largest absolute Gasteiger partial charge is 0.349 e. The molecule has 0 aromatic carbocycles. The smallest absolute Gasteiger partial charge is 0.238 e. The summed E-state index contributed by atoms with van der Waals surface area (Å²) < 4.78 is 0. The Morgan fingerprint density at radius 2 is 2.18 bits per heavy atom. The van der Waals surface area contributed by atoms with E-state index < -0.39 is 5.38 Å². The Hall–Kier alpha value is -0.280. The number of nitrogens with one attached hydrogen (secondary N) is 1. The van der Waals surface area contributed by atoms with Crippen molar-refractivity contribution in [3.05, 3.63) is 0 Å². The van der Waals surface area contributed by atoms with Gasteiger partial charge in [-0.2, -0.15) is 0 Å². The van der Waals surface area contributed by atoms with E-state index in [-0.39, 0.29) is 11.4 Å². The zero-order chi connectivity index (χ0) is 9.07. The average molecular weight is 179 g/mol. The first-order chi connectivity index (χ1) is 4.89. The molecule has 11 heavy (non-hydrogen) atoms. The van der Waals surface area contributed by atoms with E-state index in [9.17, 15) is 4.79 Å². The van der Waals surface area contributed by atoms with E-state index in [2.05, 4.69) is 5.32 Å². The second-order valence-corrected chi connectivity index (χ2v) is 3.85. The van der Waals surface area contributed by atoms with Crippen LogP contribution in [0.3, 0.4) is 0 Å². The van der Waals surface area contributed by atoms with E-state index in [0.29, 0.717) is 6.54 Å². The molecule has 66 valence electrons. The lowest BCUT2D eigenvalue weighted by molar-refractivity contribution is -0.121. The van der Waals surface area contributed by atoms with Gasteiger partial charge in [-0.05, 0) is 20.8 Å². The number of carbonyl (C=O) groups is 1. The molecular weight excluding hydrogens is 164 g/mol. The van der Waals surface area contributed by atoms with Gasteiger partial charge in [0.1, 0.15) is 5.38 Å². The lowest BCUT2D eigenvalue weighted by Gasteiger charge is -2.24. The molecule has 0 spiro atoms. The van der Waals surface area contributed by atoms with Crippen LogP contribution >= 0.6 is 11.6 Å². The van der Waals surface area contributed by atoms with E-state index in [0.717, 1.165) is 0 Å². The van der Waals surface area contributed by atoms with Crippen LogP contribution in [-0.2, 0) is 4.79 Å². The maximum absolute atomic E-state index is 11.0. The van der Waals surface area contributed by atoms with Gasteiger partial charge in [0.15, 0.2) is 0 Å². The zero-order valence-corrected chi connectivity index (χ0v) is 7.90. The Morgan fingerprint density at radius 1 is 1.73 bits per heavy atom. The summed E-state index contributed by atoms with van der Waals surface area (Å²) in [5, 5.41) is 2.21. The maximum atomic E-state index is 11.0. The highest BCUT2D eigenvalue weighted by Gasteiger charge is 2.20. The molecule has 4 heteroatoms. The standard InChI is InChI=1S/C7H15ClN2O/c1-5(8)6(11)10-7(2,3)4-9/h5H,4,9H2,1-3H3,(H,10,11). The molecule has 3 nitrogen and oxygen atoms in total. The highest BCUT2D eigenvalue weighted by Crippen LogP contribution is 2.01. The second kappa shape index (κ2) is 3.93. The number of hydrogen-bond acceptors (Lipinski definition) is 2. The van der Waals surface area contributed by atoms with Crippen LogP contribution in [0.1, 0.15) is 20.8 Å². The van der Waals surface area contributed by atoms with Gasteiger partial charge in [-0.3, -0.25) is 4.79 Å². The molecule has 1 unspecified atom stereocenters. The fourth-order valence-electron chi connectivity index (χ4n) is 0.484. The van der Waals surface area contributed by atoms with E-state index >= 15 is 0 Å². The van der Waals surface area contributed by atoms with Crippen molar-refractivity contribution in [2.24, 2.45) is 5.73 Å². The predicted molar refractivity (Wildman–Crippen MR) is 46.6 cm³/mol. The fourth-order valence-corrected chi connectivity index (χ4v) is 0.539. The minimum absolute atomic E-state index is 0.179. The second-order valence-electron chi connectivity index (χ2n) is 3.19. The van der Waals surface area contributed by atoms with Crippen molar-refractivity contribution >= 4 is 17.5 Å². The van der Waals surface area contributed by atoms with E-state index in [1.807, 2.05) is 13.8 Å². The van der Waals surface area contributed by atoms with Crippen molar-refractivity contribution in [1.29, 1.82) is 0 Å². The summed E-state index contributed by atoms with van der Waals surface area (Å²) in [7, 11) is 0. The molecule has 0 fully saturated rings. The van der Waals surface area contributed by atoms with E-state index in [1.54, 1.807) is 6.92 Å². The normalized spacial score (nSPS) is 14.3. The number of amides is 1. The van der Waals surface area contributed by atoms with Crippen molar-refractivity contribution in [3.63, 3.8) is 0 Å². The van der Waals surface area contributed by atoms with E-state index in [4.69, 9.17) is 17.3 Å². The van der Waals surface area contributed by atoms with Crippen LogP contribution in [0.15, 0.2) is 0 Å². The van der Waals surface area contributed by atoms with Crippen LogP contribution in [-0.4, -0.2) is 23.4 Å². The maximum Gasteiger partial charge on any atom is 0.238 e. The Bertz CT molecular complexity index is 145. The van der Waals surface area contributed by atoms with Crippen molar-refractivity contribution in [1.82, 2.24) is 5.32 Å². The van der Waals surface area contributed by atoms with Crippen LogP contribution in [0.2, 0.25) is 0 Å². The summed E-state index contributed by atoms with van der Waals surface area (Å²) in [6.07, 6.45) is 0. The summed E-state index contributed by atoms with van der Waals surface area (Å²) in [5.41, 5.74) is 5.04. The number of nitrogens with two attached hydrogens (primary N) is 1. The Labute approximate surface area is 72.3 Å². The molecule has 0 aromatic rings.